The van der Waals surface area contributed by atoms with Gasteiger partial charge >= 0.3 is 0 Å². The van der Waals surface area contributed by atoms with Crippen LogP contribution in [-0.4, -0.2) is 51.9 Å². The number of para-hydroxylation sites is 1. The first kappa shape index (κ1) is 23.0. The summed E-state index contributed by atoms with van der Waals surface area (Å²) in [6.07, 6.45) is 3.99. The number of amides is 1. The van der Waals surface area contributed by atoms with Crippen molar-refractivity contribution in [3.05, 3.63) is 71.8 Å². The van der Waals surface area contributed by atoms with E-state index in [9.17, 15) is 13.2 Å². The molecule has 7 heteroatoms. The summed E-state index contributed by atoms with van der Waals surface area (Å²) in [5.41, 5.74) is 2.23. The quantitative estimate of drug-likeness (QED) is 0.666. The zero-order valence-corrected chi connectivity index (χ0v) is 19.2. The van der Waals surface area contributed by atoms with E-state index in [1.807, 2.05) is 6.07 Å². The molecule has 1 amide bonds. The van der Waals surface area contributed by atoms with Crippen molar-refractivity contribution in [1.29, 1.82) is 0 Å². The molecule has 1 aliphatic heterocycles. The predicted octanol–water partition coefficient (Wildman–Crippen LogP) is 3.67. The second kappa shape index (κ2) is 10.1. The molecular formula is C24H31N3O3S. The van der Waals surface area contributed by atoms with E-state index in [0.29, 0.717) is 11.3 Å². The van der Waals surface area contributed by atoms with Crippen LogP contribution in [0.3, 0.4) is 0 Å². The summed E-state index contributed by atoms with van der Waals surface area (Å²) in [4.78, 5) is 15.3. The number of sulfonamides is 1. The number of hydrogen-bond acceptors (Lipinski definition) is 4. The number of likely N-dealkylation sites (tertiary alicyclic amines) is 1. The van der Waals surface area contributed by atoms with E-state index in [1.54, 1.807) is 36.4 Å². The second-order valence-electron chi connectivity index (χ2n) is 8.17. The third kappa shape index (κ3) is 5.95. The van der Waals surface area contributed by atoms with E-state index < -0.39 is 10.0 Å². The molecule has 1 N–H and O–H groups in total. The van der Waals surface area contributed by atoms with E-state index in [1.165, 1.54) is 29.1 Å². The van der Waals surface area contributed by atoms with Gasteiger partial charge in [0, 0.05) is 38.3 Å². The molecule has 0 atom stereocenters. The normalized spacial score (nSPS) is 15.3. The van der Waals surface area contributed by atoms with Gasteiger partial charge in [-0.15, -0.1) is 0 Å². The Bertz CT molecular complexity index is 1020. The largest absolute Gasteiger partial charge is 0.349 e. The van der Waals surface area contributed by atoms with Crippen LogP contribution in [0.15, 0.2) is 71.1 Å². The fourth-order valence-corrected chi connectivity index (χ4v) is 4.81. The molecule has 166 valence electrons. The lowest BCUT2D eigenvalue weighted by molar-refractivity contribution is 0.0914. The van der Waals surface area contributed by atoms with Gasteiger partial charge in [0.25, 0.3) is 15.9 Å². The molecule has 0 saturated carbocycles. The van der Waals surface area contributed by atoms with Crippen molar-refractivity contribution in [3.8, 4) is 0 Å². The third-order valence-corrected chi connectivity index (χ3v) is 7.34. The van der Waals surface area contributed by atoms with Gasteiger partial charge in [-0.25, -0.2) is 8.42 Å². The maximum absolute atomic E-state index is 13.0. The number of rotatable bonds is 7. The summed E-state index contributed by atoms with van der Waals surface area (Å²) in [7, 11) is -2.25. The van der Waals surface area contributed by atoms with Gasteiger partial charge in [-0.1, -0.05) is 35.9 Å². The smallest absolute Gasteiger partial charge is 0.264 e. The summed E-state index contributed by atoms with van der Waals surface area (Å²) in [6.45, 7) is 7.01. The van der Waals surface area contributed by atoms with Crippen LogP contribution >= 0.6 is 0 Å². The van der Waals surface area contributed by atoms with Gasteiger partial charge in [-0.05, 0) is 57.0 Å². The van der Waals surface area contributed by atoms with Crippen LogP contribution in [0.2, 0.25) is 0 Å². The van der Waals surface area contributed by atoms with Gasteiger partial charge in [0.2, 0.25) is 0 Å². The summed E-state index contributed by atoms with van der Waals surface area (Å²) >= 11 is 0. The first-order chi connectivity index (χ1) is 14.8. The highest BCUT2D eigenvalue weighted by Crippen LogP contribution is 2.22. The zero-order valence-electron chi connectivity index (χ0n) is 18.4. The lowest BCUT2D eigenvalue weighted by atomic mass is 10.0. The molecule has 0 spiro atoms. The molecule has 0 aliphatic carbocycles. The third-order valence-electron chi connectivity index (χ3n) is 5.55. The molecule has 0 radical (unpaired) electrons. The summed E-state index contributed by atoms with van der Waals surface area (Å²) in [5, 5.41) is 3.07. The minimum Gasteiger partial charge on any atom is -0.349 e. The van der Waals surface area contributed by atoms with Crippen LogP contribution in [0.4, 0.5) is 5.69 Å². The number of nitrogens with zero attached hydrogens (tertiary/aromatic N) is 2. The van der Waals surface area contributed by atoms with E-state index in [2.05, 4.69) is 30.1 Å². The molecular weight excluding hydrogens is 410 g/mol. The van der Waals surface area contributed by atoms with E-state index in [-0.39, 0.29) is 16.8 Å². The van der Waals surface area contributed by atoms with Crippen molar-refractivity contribution in [2.45, 2.75) is 37.6 Å². The first-order valence-corrected chi connectivity index (χ1v) is 12.0. The number of benzene rings is 2. The van der Waals surface area contributed by atoms with Gasteiger partial charge in [0.15, 0.2) is 0 Å². The van der Waals surface area contributed by atoms with Crippen molar-refractivity contribution in [1.82, 2.24) is 10.2 Å². The number of hydrogen-bond donors (Lipinski definition) is 1. The Kier molecular flexibility index (Phi) is 7.51. The lowest BCUT2D eigenvalue weighted by Gasteiger charge is -2.31. The van der Waals surface area contributed by atoms with Gasteiger partial charge < -0.3 is 5.32 Å². The zero-order chi connectivity index (χ0) is 22.4. The van der Waals surface area contributed by atoms with E-state index in [4.69, 9.17) is 0 Å². The number of nitrogens with one attached hydrogen (secondary N) is 1. The Labute approximate surface area is 185 Å². The van der Waals surface area contributed by atoms with E-state index >= 15 is 0 Å². The van der Waals surface area contributed by atoms with Gasteiger partial charge in [0.05, 0.1) is 10.6 Å². The molecule has 3 rings (SSSR count). The molecule has 0 bridgehead atoms. The lowest BCUT2D eigenvalue weighted by Crippen LogP contribution is -2.44. The fraction of sp³-hybridized carbons (Fsp3) is 0.375. The van der Waals surface area contributed by atoms with Crippen molar-refractivity contribution < 1.29 is 13.2 Å². The van der Waals surface area contributed by atoms with E-state index in [0.717, 1.165) is 32.5 Å². The van der Waals surface area contributed by atoms with Gasteiger partial charge in [-0.3, -0.25) is 14.0 Å². The molecule has 1 fully saturated rings. The number of anilines is 1. The second-order valence-corrected chi connectivity index (χ2v) is 10.1. The average molecular weight is 442 g/mol. The molecule has 6 nitrogen and oxygen atoms in total. The van der Waals surface area contributed by atoms with Crippen LogP contribution in [-0.2, 0) is 10.0 Å². The fourth-order valence-electron chi connectivity index (χ4n) is 3.57. The highest BCUT2D eigenvalue weighted by Gasteiger charge is 2.24. The van der Waals surface area contributed by atoms with Crippen LogP contribution in [0.25, 0.3) is 0 Å². The van der Waals surface area contributed by atoms with Crippen molar-refractivity contribution in [2.75, 3.05) is 31.0 Å². The van der Waals surface area contributed by atoms with Gasteiger partial charge in [0.1, 0.15) is 0 Å². The Balaban J connectivity index is 1.65. The molecule has 2 aromatic carbocycles. The standard InChI is InChI=1S/C24H31N3O3S/c1-19(2)12-15-27-16-13-21(14-17-27)25-24(28)20-8-7-11-23(18-20)31(29,30)26(3)22-9-5-4-6-10-22/h4-12,18,21H,13-17H2,1-3H3,(H,25,28). The van der Waals surface area contributed by atoms with Crippen LogP contribution in [0, 0.1) is 0 Å². The predicted molar refractivity (Wildman–Crippen MR) is 125 cm³/mol. The summed E-state index contributed by atoms with van der Waals surface area (Å²) in [5.74, 6) is -0.234. The van der Waals surface area contributed by atoms with Crippen molar-refractivity contribution in [3.63, 3.8) is 0 Å². The first-order valence-electron chi connectivity index (χ1n) is 10.6. The minimum absolute atomic E-state index is 0.0997. The van der Waals surface area contributed by atoms with Crippen molar-refractivity contribution >= 4 is 21.6 Å². The molecule has 1 saturated heterocycles. The van der Waals surface area contributed by atoms with Crippen LogP contribution < -0.4 is 9.62 Å². The maximum atomic E-state index is 13.0. The highest BCUT2D eigenvalue weighted by molar-refractivity contribution is 7.92. The molecule has 31 heavy (non-hydrogen) atoms. The Morgan fingerprint density at radius 3 is 2.42 bits per heavy atom. The minimum atomic E-state index is -3.76. The average Bonchev–Trinajstić information content (AvgIpc) is 2.78. The molecule has 2 aromatic rings. The maximum Gasteiger partial charge on any atom is 0.264 e. The molecule has 1 heterocycles. The Morgan fingerprint density at radius 2 is 1.77 bits per heavy atom. The SMILES string of the molecule is CC(C)=CCN1CCC(NC(=O)c2cccc(S(=O)(=O)N(C)c3ccccc3)c2)CC1. The molecule has 1 aliphatic rings. The van der Waals surface area contributed by atoms with Gasteiger partial charge in [-0.2, -0.15) is 0 Å². The number of carbonyl (C=O) groups excluding carboxylic acids is 1. The molecule has 0 aromatic heterocycles. The number of piperidine rings is 1. The topological polar surface area (TPSA) is 69.7 Å². The molecule has 0 unspecified atom stereocenters. The van der Waals surface area contributed by atoms with Crippen molar-refractivity contribution in [2.24, 2.45) is 0 Å². The van der Waals surface area contributed by atoms with Crippen LogP contribution in [0.1, 0.15) is 37.0 Å². The summed E-state index contributed by atoms with van der Waals surface area (Å²) in [6, 6.07) is 15.2. The van der Waals surface area contributed by atoms with Crippen LogP contribution in [0.5, 0.6) is 0 Å². The highest BCUT2D eigenvalue weighted by atomic mass is 32.2. The summed E-state index contributed by atoms with van der Waals surface area (Å²) < 4.78 is 27.3. The monoisotopic (exact) mass is 441 g/mol. The number of carbonyl (C=O) groups is 1. The Hall–Kier alpha value is -2.64. The number of allylic oxidation sites excluding steroid dienone is 1. The Morgan fingerprint density at radius 1 is 1.10 bits per heavy atom.